The molecule has 1 N–H and O–H groups in total. The maximum atomic E-state index is 9.45. The molecule has 0 saturated carbocycles. The summed E-state index contributed by atoms with van der Waals surface area (Å²) in [5.74, 6) is 0.260. The van der Waals surface area contributed by atoms with E-state index < -0.39 is 0 Å². The summed E-state index contributed by atoms with van der Waals surface area (Å²) in [6, 6.07) is 12.9. The number of halogens is 1. The van der Waals surface area contributed by atoms with E-state index in [0.29, 0.717) is 5.02 Å². The topological polar surface area (TPSA) is 20.2 Å². The van der Waals surface area contributed by atoms with Gasteiger partial charge in [-0.15, -0.1) is 0 Å². The van der Waals surface area contributed by atoms with Gasteiger partial charge in [0.1, 0.15) is 5.75 Å². The first-order chi connectivity index (χ1) is 7.18. The molecule has 0 fully saturated rings. The minimum Gasteiger partial charge on any atom is -0.508 e. The highest BCUT2D eigenvalue weighted by Gasteiger charge is 2.06. The smallest absolute Gasteiger partial charge is 0.116 e. The molecule has 0 spiro atoms. The highest BCUT2D eigenvalue weighted by Crippen LogP contribution is 2.32. The van der Waals surface area contributed by atoms with E-state index in [-0.39, 0.29) is 5.75 Å². The van der Waals surface area contributed by atoms with Crippen LogP contribution in [-0.2, 0) is 0 Å². The largest absolute Gasteiger partial charge is 0.508 e. The van der Waals surface area contributed by atoms with Gasteiger partial charge in [0.05, 0.1) is 0 Å². The fourth-order valence-electron chi connectivity index (χ4n) is 1.58. The minimum atomic E-state index is 0.260. The number of phenols is 1. The van der Waals surface area contributed by atoms with Gasteiger partial charge in [-0.1, -0.05) is 35.9 Å². The Hall–Kier alpha value is -1.47. The van der Waals surface area contributed by atoms with Crippen molar-refractivity contribution in [3.8, 4) is 16.9 Å². The summed E-state index contributed by atoms with van der Waals surface area (Å²) in [7, 11) is 0. The van der Waals surface area contributed by atoms with Gasteiger partial charge in [0, 0.05) is 10.6 Å². The number of aryl methyl sites for hydroxylation is 1. The predicted octanol–water partition coefficient (Wildman–Crippen LogP) is 4.02. The van der Waals surface area contributed by atoms with Crippen LogP contribution in [0.5, 0.6) is 5.75 Å². The van der Waals surface area contributed by atoms with Crippen LogP contribution in [-0.4, -0.2) is 5.11 Å². The van der Waals surface area contributed by atoms with Gasteiger partial charge >= 0.3 is 0 Å². The normalized spacial score (nSPS) is 10.3. The van der Waals surface area contributed by atoms with E-state index in [9.17, 15) is 5.11 Å². The monoisotopic (exact) mass is 218 g/mol. The average molecular weight is 219 g/mol. The second kappa shape index (κ2) is 3.95. The molecule has 2 heteroatoms. The zero-order valence-corrected chi connectivity index (χ0v) is 9.12. The van der Waals surface area contributed by atoms with Crippen LogP contribution in [0.3, 0.4) is 0 Å². The van der Waals surface area contributed by atoms with Gasteiger partial charge in [0.25, 0.3) is 0 Å². The second-order valence-electron chi connectivity index (χ2n) is 3.48. The molecular weight excluding hydrogens is 208 g/mol. The molecule has 0 unspecified atom stereocenters. The molecule has 15 heavy (non-hydrogen) atoms. The number of rotatable bonds is 1. The van der Waals surface area contributed by atoms with Crippen molar-refractivity contribution in [1.29, 1.82) is 0 Å². The van der Waals surface area contributed by atoms with Crippen molar-refractivity contribution in [2.24, 2.45) is 0 Å². The molecule has 76 valence electrons. The van der Waals surface area contributed by atoms with E-state index in [1.807, 2.05) is 37.3 Å². The first kappa shape index (κ1) is 10.1. The fraction of sp³-hybridized carbons (Fsp3) is 0.0769. The second-order valence-corrected chi connectivity index (χ2v) is 3.89. The number of aromatic hydroxyl groups is 1. The van der Waals surface area contributed by atoms with Gasteiger partial charge in [-0.2, -0.15) is 0 Å². The van der Waals surface area contributed by atoms with Crippen LogP contribution in [0.4, 0.5) is 0 Å². The Morgan fingerprint density at radius 3 is 2.47 bits per heavy atom. The molecule has 2 aromatic rings. The van der Waals surface area contributed by atoms with Crippen molar-refractivity contribution in [3.05, 3.63) is 53.1 Å². The first-order valence-corrected chi connectivity index (χ1v) is 5.11. The molecule has 2 aromatic carbocycles. The van der Waals surface area contributed by atoms with Crippen molar-refractivity contribution in [1.82, 2.24) is 0 Å². The molecule has 1 nitrogen and oxygen atoms in total. The van der Waals surface area contributed by atoms with Crippen LogP contribution >= 0.6 is 11.6 Å². The third-order valence-corrected chi connectivity index (χ3v) is 2.71. The van der Waals surface area contributed by atoms with E-state index in [1.54, 1.807) is 12.1 Å². The van der Waals surface area contributed by atoms with Crippen molar-refractivity contribution < 1.29 is 5.11 Å². The maximum Gasteiger partial charge on any atom is 0.116 e. The third-order valence-electron chi connectivity index (χ3n) is 2.39. The van der Waals surface area contributed by atoms with E-state index in [4.69, 9.17) is 11.6 Å². The van der Waals surface area contributed by atoms with Crippen LogP contribution < -0.4 is 0 Å². The highest BCUT2D eigenvalue weighted by molar-refractivity contribution is 6.33. The fourth-order valence-corrected chi connectivity index (χ4v) is 1.82. The molecule has 0 radical (unpaired) electrons. The van der Waals surface area contributed by atoms with Crippen LogP contribution in [0.15, 0.2) is 42.5 Å². The van der Waals surface area contributed by atoms with Crippen LogP contribution in [0, 0.1) is 6.92 Å². The van der Waals surface area contributed by atoms with Gasteiger partial charge in [0.2, 0.25) is 0 Å². The SMILES string of the molecule is Cc1ccc(O)cc1-c1ccccc1Cl. The summed E-state index contributed by atoms with van der Waals surface area (Å²) in [5, 5.41) is 10.1. The molecule has 0 amide bonds. The Labute approximate surface area is 94.0 Å². The molecule has 0 aromatic heterocycles. The van der Waals surface area contributed by atoms with E-state index >= 15 is 0 Å². The quantitative estimate of drug-likeness (QED) is 0.767. The molecule has 0 bridgehead atoms. The minimum absolute atomic E-state index is 0.260. The summed E-state index contributed by atoms with van der Waals surface area (Å²) in [4.78, 5) is 0. The summed E-state index contributed by atoms with van der Waals surface area (Å²) in [5.41, 5.74) is 3.02. The molecule has 0 saturated heterocycles. The lowest BCUT2D eigenvalue weighted by Gasteiger charge is -2.08. The van der Waals surface area contributed by atoms with Crippen molar-refractivity contribution >= 4 is 11.6 Å². The lowest BCUT2D eigenvalue weighted by atomic mass is 10.0. The number of hydrogen-bond acceptors (Lipinski definition) is 1. The van der Waals surface area contributed by atoms with Crippen molar-refractivity contribution in [2.75, 3.05) is 0 Å². The number of benzene rings is 2. The molecule has 0 atom stereocenters. The molecule has 2 rings (SSSR count). The van der Waals surface area contributed by atoms with Crippen LogP contribution in [0.25, 0.3) is 11.1 Å². The van der Waals surface area contributed by atoms with Gasteiger partial charge in [-0.3, -0.25) is 0 Å². The van der Waals surface area contributed by atoms with Gasteiger partial charge < -0.3 is 5.11 Å². The number of phenolic OH excluding ortho intramolecular Hbond substituents is 1. The summed E-state index contributed by atoms with van der Waals surface area (Å²) >= 11 is 6.10. The predicted molar refractivity (Wildman–Crippen MR) is 63.3 cm³/mol. The Morgan fingerprint density at radius 2 is 1.73 bits per heavy atom. The van der Waals surface area contributed by atoms with Gasteiger partial charge in [-0.25, -0.2) is 0 Å². The Balaban J connectivity index is 2.64. The Kier molecular flexibility index (Phi) is 2.65. The molecule has 0 aliphatic rings. The first-order valence-electron chi connectivity index (χ1n) is 4.73. The maximum absolute atomic E-state index is 9.45. The summed E-state index contributed by atoms with van der Waals surface area (Å²) in [6.07, 6.45) is 0. The zero-order chi connectivity index (χ0) is 10.8. The van der Waals surface area contributed by atoms with Gasteiger partial charge in [0.15, 0.2) is 0 Å². The van der Waals surface area contributed by atoms with Gasteiger partial charge in [-0.05, 0) is 36.2 Å². The third kappa shape index (κ3) is 1.97. The summed E-state index contributed by atoms with van der Waals surface area (Å²) in [6.45, 7) is 2.00. The van der Waals surface area contributed by atoms with E-state index in [2.05, 4.69) is 0 Å². The van der Waals surface area contributed by atoms with Crippen LogP contribution in [0.1, 0.15) is 5.56 Å². The Bertz CT molecular complexity index is 492. The molecule has 0 aliphatic heterocycles. The Morgan fingerprint density at radius 1 is 1.00 bits per heavy atom. The number of hydrogen-bond donors (Lipinski definition) is 1. The zero-order valence-electron chi connectivity index (χ0n) is 8.37. The van der Waals surface area contributed by atoms with E-state index in [0.717, 1.165) is 16.7 Å². The van der Waals surface area contributed by atoms with E-state index in [1.165, 1.54) is 0 Å². The molecule has 0 aliphatic carbocycles. The molecule has 0 heterocycles. The highest BCUT2D eigenvalue weighted by atomic mass is 35.5. The lowest BCUT2D eigenvalue weighted by Crippen LogP contribution is -1.83. The molecular formula is C13H11ClO. The standard InChI is InChI=1S/C13H11ClO/c1-9-6-7-10(15)8-12(9)11-4-2-3-5-13(11)14/h2-8,15H,1H3. The van der Waals surface area contributed by atoms with Crippen molar-refractivity contribution in [2.45, 2.75) is 6.92 Å². The lowest BCUT2D eigenvalue weighted by molar-refractivity contribution is 0.475. The van der Waals surface area contributed by atoms with Crippen LogP contribution in [0.2, 0.25) is 5.02 Å². The average Bonchev–Trinajstić information content (AvgIpc) is 2.23. The van der Waals surface area contributed by atoms with Crippen molar-refractivity contribution in [3.63, 3.8) is 0 Å². The summed E-state index contributed by atoms with van der Waals surface area (Å²) < 4.78 is 0.